The van der Waals surface area contributed by atoms with Crippen molar-refractivity contribution >= 4 is 23.3 Å². The fourth-order valence-corrected chi connectivity index (χ4v) is 1.70. The molecule has 2 aromatic rings. The molecule has 0 saturated carbocycles. The monoisotopic (exact) mass is 301 g/mol. The van der Waals surface area contributed by atoms with Crippen LogP contribution in [0.3, 0.4) is 0 Å². The summed E-state index contributed by atoms with van der Waals surface area (Å²) in [5.74, 6) is 0.683. The average molecular weight is 301 g/mol. The van der Waals surface area contributed by atoms with Crippen molar-refractivity contribution in [1.29, 1.82) is 0 Å². The maximum atomic E-state index is 10.8. The van der Waals surface area contributed by atoms with E-state index >= 15 is 0 Å². The standard InChI is InChI=1S/C14H11N3O5/c1-22-14-4-2-10(3-5-14)9-15-11-6-12(16(18)19)8-13(7-11)17(20)21/h2-9H,1H3/b15-9+. The number of aliphatic imine (C=N–C) groups is 1. The van der Waals surface area contributed by atoms with Crippen LogP contribution in [0.2, 0.25) is 0 Å². The average Bonchev–Trinajstić information content (AvgIpc) is 2.53. The third-order valence-corrected chi connectivity index (χ3v) is 2.79. The minimum atomic E-state index is -0.695. The highest BCUT2D eigenvalue weighted by molar-refractivity contribution is 5.82. The summed E-state index contributed by atoms with van der Waals surface area (Å²) in [5.41, 5.74) is 0.110. The Bertz CT molecular complexity index is 708. The first-order valence-electron chi connectivity index (χ1n) is 6.11. The van der Waals surface area contributed by atoms with Gasteiger partial charge in [0.15, 0.2) is 0 Å². The quantitative estimate of drug-likeness (QED) is 0.478. The van der Waals surface area contributed by atoms with Crippen molar-refractivity contribution in [2.45, 2.75) is 0 Å². The predicted molar refractivity (Wildman–Crippen MR) is 80.0 cm³/mol. The number of hydrogen-bond donors (Lipinski definition) is 0. The van der Waals surface area contributed by atoms with E-state index in [9.17, 15) is 20.2 Å². The van der Waals surface area contributed by atoms with Crippen molar-refractivity contribution in [2.75, 3.05) is 7.11 Å². The maximum absolute atomic E-state index is 10.8. The summed E-state index contributed by atoms with van der Waals surface area (Å²) < 4.78 is 5.02. The van der Waals surface area contributed by atoms with Gasteiger partial charge in [-0.1, -0.05) is 0 Å². The lowest BCUT2D eigenvalue weighted by atomic mass is 10.2. The molecule has 2 aromatic carbocycles. The van der Waals surface area contributed by atoms with Gasteiger partial charge < -0.3 is 4.74 Å². The van der Waals surface area contributed by atoms with Gasteiger partial charge in [0.05, 0.1) is 28.7 Å². The smallest absolute Gasteiger partial charge is 0.278 e. The summed E-state index contributed by atoms with van der Waals surface area (Å²) in [6.45, 7) is 0. The SMILES string of the molecule is COc1ccc(/C=N/c2cc([N+](=O)[O-])cc([N+](=O)[O-])c2)cc1. The molecule has 8 nitrogen and oxygen atoms in total. The molecule has 8 heteroatoms. The van der Waals surface area contributed by atoms with E-state index in [4.69, 9.17) is 4.74 Å². The van der Waals surface area contributed by atoms with Gasteiger partial charge in [-0.3, -0.25) is 25.2 Å². The van der Waals surface area contributed by atoms with E-state index in [2.05, 4.69) is 4.99 Å². The molecule has 112 valence electrons. The van der Waals surface area contributed by atoms with Gasteiger partial charge in [0.2, 0.25) is 0 Å². The minimum Gasteiger partial charge on any atom is -0.497 e. The van der Waals surface area contributed by atoms with Crippen molar-refractivity contribution in [3.05, 3.63) is 68.3 Å². The van der Waals surface area contributed by atoms with E-state index in [0.717, 1.165) is 11.6 Å². The van der Waals surface area contributed by atoms with E-state index < -0.39 is 9.85 Å². The van der Waals surface area contributed by atoms with Crippen LogP contribution in [-0.4, -0.2) is 23.2 Å². The van der Waals surface area contributed by atoms with Gasteiger partial charge in [-0.2, -0.15) is 0 Å². The van der Waals surface area contributed by atoms with Crippen LogP contribution in [0.15, 0.2) is 47.5 Å². The Morgan fingerprint density at radius 1 is 1.00 bits per heavy atom. The lowest BCUT2D eigenvalue weighted by Crippen LogP contribution is -1.92. The molecule has 0 atom stereocenters. The Morgan fingerprint density at radius 3 is 2.00 bits per heavy atom. The largest absolute Gasteiger partial charge is 0.497 e. The van der Waals surface area contributed by atoms with E-state index in [1.807, 2.05) is 0 Å². The van der Waals surface area contributed by atoms with Gasteiger partial charge in [0.1, 0.15) is 5.75 Å². The molecule has 0 heterocycles. The lowest BCUT2D eigenvalue weighted by molar-refractivity contribution is -0.394. The number of non-ortho nitro benzene ring substituents is 2. The Morgan fingerprint density at radius 2 is 1.55 bits per heavy atom. The van der Waals surface area contributed by atoms with Gasteiger partial charge >= 0.3 is 0 Å². The molecule has 0 aliphatic carbocycles. The molecule has 0 bridgehead atoms. The number of nitro benzene ring substituents is 2. The molecule has 0 saturated heterocycles. The zero-order valence-corrected chi connectivity index (χ0v) is 11.5. The van der Waals surface area contributed by atoms with Crippen LogP contribution >= 0.6 is 0 Å². The fourth-order valence-electron chi connectivity index (χ4n) is 1.70. The Kier molecular flexibility index (Phi) is 4.42. The summed E-state index contributed by atoms with van der Waals surface area (Å²) in [5, 5.41) is 21.6. The van der Waals surface area contributed by atoms with Gasteiger partial charge in [-0.25, -0.2) is 0 Å². The topological polar surface area (TPSA) is 108 Å². The highest BCUT2D eigenvalue weighted by Crippen LogP contribution is 2.27. The predicted octanol–water partition coefficient (Wildman–Crippen LogP) is 3.26. The summed E-state index contributed by atoms with van der Waals surface area (Å²) in [6, 6.07) is 10.2. The molecule has 0 spiro atoms. The molecule has 0 N–H and O–H groups in total. The van der Waals surface area contributed by atoms with E-state index in [0.29, 0.717) is 5.75 Å². The first kappa shape index (κ1) is 15.1. The molecular formula is C14H11N3O5. The van der Waals surface area contributed by atoms with Crippen LogP contribution in [-0.2, 0) is 0 Å². The molecule has 0 aliphatic rings. The maximum Gasteiger partial charge on any atom is 0.278 e. The number of methoxy groups -OCH3 is 1. The molecule has 0 radical (unpaired) electrons. The van der Waals surface area contributed by atoms with Gasteiger partial charge in [-0.15, -0.1) is 0 Å². The second-order valence-electron chi connectivity index (χ2n) is 4.25. The molecule has 0 aromatic heterocycles. The first-order valence-corrected chi connectivity index (χ1v) is 6.11. The van der Waals surface area contributed by atoms with Crippen LogP contribution in [0.1, 0.15) is 5.56 Å². The van der Waals surface area contributed by atoms with Gasteiger partial charge in [0.25, 0.3) is 11.4 Å². The Balaban J connectivity index is 2.32. The van der Waals surface area contributed by atoms with Gasteiger partial charge in [0, 0.05) is 18.3 Å². The number of hydrogen-bond acceptors (Lipinski definition) is 6. The van der Waals surface area contributed by atoms with Crippen molar-refractivity contribution in [3.8, 4) is 5.75 Å². The van der Waals surface area contributed by atoms with Crippen LogP contribution in [0.25, 0.3) is 0 Å². The number of ether oxygens (including phenoxy) is 1. The number of benzene rings is 2. The fraction of sp³-hybridized carbons (Fsp3) is 0.0714. The molecule has 22 heavy (non-hydrogen) atoms. The second kappa shape index (κ2) is 6.44. The summed E-state index contributed by atoms with van der Waals surface area (Å²) >= 11 is 0. The van der Waals surface area contributed by atoms with Gasteiger partial charge in [-0.05, 0) is 29.8 Å². The van der Waals surface area contributed by atoms with Crippen molar-refractivity contribution < 1.29 is 14.6 Å². The summed E-state index contributed by atoms with van der Waals surface area (Å²) in [6.07, 6.45) is 1.46. The third kappa shape index (κ3) is 3.63. The van der Waals surface area contributed by atoms with E-state index in [-0.39, 0.29) is 17.1 Å². The highest BCUT2D eigenvalue weighted by Gasteiger charge is 2.15. The number of nitrogens with zero attached hydrogens (tertiary/aromatic N) is 3. The molecule has 0 aliphatic heterocycles. The van der Waals surface area contributed by atoms with E-state index in [1.165, 1.54) is 18.3 Å². The number of rotatable bonds is 5. The van der Waals surface area contributed by atoms with Crippen LogP contribution < -0.4 is 4.74 Å². The minimum absolute atomic E-state index is 0.136. The van der Waals surface area contributed by atoms with E-state index in [1.54, 1.807) is 31.4 Å². The molecule has 0 amide bonds. The van der Waals surface area contributed by atoms with Crippen molar-refractivity contribution in [2.24, 2.45) is 4.99 Å². The highest BCUT2D eigenvalue weighted by atomic mass is 16.6. The van der Waals surface area contributed by atoms with Crippen molar-refractivity contribution in [1.82, 2.24) is 0 Å². The summed E-state index contributed by atoms with van der Waals surface area (Å²) in [4.78, 5) is 24.2. The van der Waals surface area contributed by atoms with Crippen LogP contribution in [0.5, 0.6) is 5.75 Å². The van der Waals surface area contributed by atoms with Crippen LogP contribution in [0.4, 0.5) is 17.1 Å². The normalized spacial score (nSPS) is 10.6. The molecule has 0 unspecified atom stereocenters. The molecule has 0 fully saturated rings. The lowest BCUT2D eigenvalue weighted by Gasteiger charge is -1.99. The second-order valence-corrected chi connectivity index (χ2v) is 4.25. The van der Waals surface area contributed by atoms with Crippen molar-refractivity contribution in [3.63, 3.8) is 0 Å². The first-order chi connectivity index (χ1) is 10.5. The summed E-state index contributed by atoms with van der Waals surface area (Å²) in [7, 11) is 1.55. The molecule has 2 rings (SSSR count). The third-order valence-electron chi connectivity index (χ3n) is 2.79. The zero-order valence-electron chi connectivity index (χ0n) is 11.5. The Hall–Kier alpha value is -3.29. The number of nitro groups is 2. The van der Waals surface area contributed by atoms with Crippen LogP contribution in [0, 0.1) is 20.2 Å². The zero-order chi connectivity index (χ0) is 16.1. The Labute approximate surface area is 125 Å². The molecular weight excluding hydrogens is 290 g/mol.